The molecule has 0 aliphatic carbocycles. The van der Waals surface area contributed by atoms with E-state index < -0.39 is 6.10 Å². The average Bonchev–Trinajstić information content (AvgIpc) is 2.79. The minimum atomic E-state index is -0.550. The molecule has 2 aromatic rings. The summed E-state index contributed by atoms with van der Waals surface area (Å²) in [7, 11) is 1.64. The summed E-state index contributed by atoms with van der Waals surface area (Å²) in [4.78, 5) is 15.1. The highest BCUT2D eigenvalue weighted by Gasteiger charge is 2.26. The summed E-state index contributed by atoms with van der Waals surface area (Å²) in [5.41, 5.74) is 3.08. The maximum atomic E-state index is 12.9. The highest BCUT2D eigenvalue weighted by atomic mass is 16.5. The Hall–Kier alpha value is -2.21. The summed E-state index contributed by atoms with van der Waals surface area (Å²) in [5.74, 6) is 1.73. The third kappa shape index (κ3) is 7.16. The predicted octanol–water partition coefficient (Wildman–Crippen LogP) is 4.37. The van der Waals surface area contributed by atoms with Crippen LogP contribution in [-0.4, -0.2) is 55.2 Å². The molecule has 1 N–H and O–H groups in total. The Bertz CT molecular complexity index is 841. The number of Topliss-reactive ketones (excluding diaryl/α,β-unsaturated/α-hetero) is 1. The number of benzene rings is 2. The first-order valence-electron chi connectivity index (χ1n) is 11.7. The van der Waals surface area contributed by atoms with Crippen molar-refractivity contribution >= 4 is 5.78 Å². The van der Waals surface area contributed by atoms with Crippen molar-refractivity contribution in [2.75, 3.05) is 33.4 Å². The van der Waals surface area contributed by atoms with E-state index in [0.29, 0.717) is 19.1 Å². The van der Waals surface area contributed by atoms with Crippen molar-refractivity contribution in [3.8, 4) is 5.75 Å². The van der Waals surface area contributed by atoms with Crippen LogP contribution in [0, 0.1) is 11.8 Å². The van der Waals surface area contributed by atoms with Crippen LogP contribution in [0.25, 0.3) is 0 Å². The van der Waals surface area contributed by atoms with E-state index in [-0.39, 0.29) is 18.3 Å². The number of β-amino-alcohol motifs (C(OH)–C–C–N with tert-alkyl or cyclic N) is 1. The number of methoxy groups -OCH3 is 1. The molecule has 5 nitrogen and oxygen atoms in total. The SMILES string of the molecule is COc1ccccc1COCC(O)CN1CCC(C(=O)c2ccc(CC(C)C)cc2)CC1. The maximum absolute atomic E-state index is 12.9. The summed E-state index contributed by atoms with van der Waals surface area (Å²) in [6, 6.07) is 15.9. The number of rotatable bonds is 11. The molecular weight excluding hydrogens is 402 g/mol. The first-order valence-corrected chi connectivity index (χ1v) is 11.7. The number of hydrogen-bond acceptors (Lipinski definition) is 5. The first kappa shape index (κ1) is 24.4. The molecule has 0 amide bonds. The van der Waals surface area contributed by atoms with Crippen molar-refractivity contribution in [1.82, 2.24) is 4.90 Å². The fourth-order valence-corrected chi connectivity index (χ4v) is 4.37. The number of ketones is 1. The summed E-state index contributed by atoms with van der Waals surface area (Å²) in [6.45, 7) is 7.31. The minimum Gasteiger partial charge on any atom is -0.496 e. The van der Waals surface area contributed by atoms with E-state index in [4.69, 9.17) is 9.47 Å². The van der Waals surface area contributed by atoms with Crippen molar-refractivity contribution in [3.63, 3.8) is 0 Å². The highest BCUT2D eigenvalue weighted by molar-refractivity contribution is 5.97. The number of ether oxygens (including phenoxy) is 2. The van der Waals surface area contributed by atoms with Gasteiger partial charge in [-0.25, -0.2) is 0 Å². The van der Waals surface area contributed by atoms with Crippen molar-refractivity contribution in [2.24, 2.45) is 11.8 Å². The molecule has 0 bridgehead atoms. The van der Waals surface area contributed by atoms with E-state index in [1.54, 1.807) is 7.11 Å². The van der Waals surface area contributed by atoms with E-state index in [9.17, 15) is 9.90 Å². The molecule has 1 saturated heterocycles. The molecule has 0 saturated carbocycles. The van der Waals surface area contributed by atoms with Crippen molar-refractivity contribution in [2.45, 2.75) is 45.8 Å². The second-order valence-corrected chi connectivity index (χ2v) is 9.21. The van der Waals surface area contributed by atoms with Crippen LogP contribution >= 0.6 is 0 Å². The number of carbonyl (C=O) groups excluding carboxylic acids is 1. The number of carbonyl (C=O) groups is 1. The molecular formula is C27H37NO4. The Morgan fingerprint density at radius 2 is 1.78 bits per heavy atom. The van der Waals surface area contributed by atoms with Gasteiger partial charge in [-0.2, -0.15) is 0 Å². The summed E-state index contributed by atoms with van der Waals surface area (Å²) in [6.07, 6.45) is 2.16. The molecule has 0 radical (unpaired) electrons. The van der Waals surface area contributed by atoms with Gasteiger partial charge in [0.25, 0.3) is 0 Å². The number of likely N-dealkylation sites (tertiary alicyclic amines) is 1. The second-order valence-electron chi connectivity index (χ2n) is 9.21. The van der Waals surface area contributed by atoms with Gasteiger partial charge in [0.15, 0.2) is 5.78 Å². The molecule has 3 rings (SSSR count). The van der Waals surface area contributed by atoms with Crippen molar-refractivity contribution < 1.29 is 19.4 Å². The van der Waals surface area contributed by atoms with Crippen LogP contribution in [0.15, 0.2) is 48.5 Å². The topological polar surface area (TPSA) is 59.0 Å². The Morgan fingerprint density at radius 1 is 1.09 bits per heavy atom. The smallest absolute Gasteiger partial charge is 0.166 e. The number of nitrogens with zero attached hydrogens (tertiary/aromatic N) is 1. The zero-order valence-electron chi connectivity index (χ0n) is 19.6. The minimum absolute atomic E-state index is 0.0705. The highest BCUT2D eigenvalue weighted by Crippen LogP contribution is 2.23. The number of aliphatic hydroxyl groups is 1. The zero-order valence-corrected chi connectivity index (χ0v) is 19.6. The van der Waals surface area contributed by atoms with Gasteiger partial charge in [0.2, 0.25) is 0 Å². The lowest BCUT2D eigenvalue weighted by atomic mass is 9.88. The van der Waals surface area contributed by atoms with Gasteiger partial charge in [0.1, 0.15) is 5.75 Å². The number of hydrogen-bond donors (Lipinski definition) is 1. The van der Waals surface area contributed by atoms with Gasteiger partial charge in [0.05, 0.1) is 26.4 Å². The first-order chi connectivity index (χ1) is 15.5. The lowest BCUT2D eigenvalue weighted by Gasteiger charge is -2.32. The van der Waals surface area contributed by atoms with Crippen LogP contribution < -0.4 is 4.74 Å². The lowest BCUT2D eigenvalue weighted by molar-refractivity contribution is 0.00443. The number of para-hydroxylation sites is 1. The quantitative estimate of drug-likeness (QED) is 0.527. The van der Waals surface area contributed by atoms with Crippen LogP contribution in [0.1, 0.15) is 48.2 Å². The zero-order chi connectivity index (χ0) is 22.9. The second kappa shape index (κ2) is 12.1. The average molecular weight is 440 g/mol. The van der Waals surface area contributed by atoms with E-state index >= 15 is 0 Å². The molecule has 1 atom stereocenters. The molecule has 0 aromatic heterocycles. The van der Waals surface area contributed by atoms with Crippen molar-refractivity contribution in [1.29, 1.82) is 0 Å². The standard InChI is InChI=1S/C27H37NO4/c1-20(2)16-21-8-10-22(11-9-21)27(30)23-12-14-28(15-13-23)17-25(29)19-32-18-24-6-4-5-7-26(24)31-3/h4-11,20,23,25,29H,12-19H2,1-3H3. The molecule has 1 fully saturated rings. The van der Waals surface area contributed by atoms with Gasteiger partial charge < -0.3 is 19.5 Å². The van der Waals surface area contributed by atoms with Gasteiger partial charge in [-0.15, -0.1) is 0 Å². The lowest BCUT2D eigenvalue weighted by Crippen LogP contribution is -2.41. The van der Waals surface area contributed by atoms with Gasteiger partial charge in [-0.05, 0) is 49.9 Å². The Morgan fingerprint density at radius 3 is 2.44 bits per heavy atom. The summed E-state index contributed by atoms with van der Waals surface area (Å²) >= 11 is 0. The van der Waals surface area contributed by atoms with Gasteiger partial charge in [-0.1, -0.05) is 56.3 Å². The predicted molar refractivity (Wildman–Crippen MR) is 127 cm³/mol. The molecule has 5 heteroatoms. The third-order valence-electron chi connectivity index (χ3n) is 6.07. The van der Waals surface area contributed by atoms with E-state index in [0.717, 1.165) is 49.2 Å². The fraction of sp³-hybridized carbons (Fsp3) is 0.519. The largest absolute Gasteiger partial charge is 0.496 e. The Kier molecular flexibility index (Phi) is 9.27. The molecule has 1 aliphatic heterocycles. The Labute approximate surface area is 192 Å². The molecule has 2 aromatic carbocycles. The van der Waals surface area contributed by atoms with Crippen LogP contribution in [0.5, 0.6) is 5.75 Å². The maximum Gasteiger partial charge on any atom is 0.166 e. The normalized spacial score (nSPS) is 16.3. The van der Waals surface area contributed by atoms with E-state index in [1.165, 1.54) is 5.56 Å². The monoisotopic (exact) mass is 439 g/mol. The molecule has 174 valence electrons. The van der Waals surface area contributed by atoms with Crippen LogP contribution in [0.2, 0.25) is 0 Å². The molecule has 32 heavy (non-hydrogen) atoms. The molecule has 1 unspecified atom stereocenters. The van der Waals surface area contributed by atoms with E-state index in [1.807, 2.05) is 36.4 Å². The summed E-state index contributed by atoms with van der Waals surface area (Å²) in [5, 5.41) is 10.4. The number of piperidine rings is 1. The number of aliphatic hydroxyl groups excluding tert-OH is 1. The summed E-state index contributed by atoms with van der Waals surface area (Å²) < 4.78 is 11.0. The van der Waals surface area contributed by atoms with Crippen molar-refractivity contribution in [3.05, 3.63) is 65.2 Å². The van der Waals surface area contributed by atoms with Crippen LogP contribution in [0.3, 0.4) is 0 Å². The molecule has 1 heterocycles. The van der Waals surface area contributed by atoms with Crippen LogP contribution in [-0.2, 0) is 17.8 Å². The van der Waals surface area contributed by atoms with Crippen LogP contribution in [0.4, 0.5) is 0 Å². The Balaban J connectivity index is 1.39. The van der Waals surface area contributed by atoms with Gasteiger partial charge >= 0.3 is 0 Å². The molecule has 0 spiro atoms. The van der Waals surface area contributed by atoms with Gasteiger partial charge in [-0.3, -0.25) is 4.79 Å². The third-order valence-corrected chi connectivity index (χ3v) is 6.07. The molecule has 1 aliphatic rings. The van der Waals surface area contributed by atoms with E-state index in [2.05, 4.69) is 30.9 Å². The fourth-order valence-electron chi connectivity index (χ4n) is 4.37. The van der Waals surface area contributed by atoms with Gasteiger partial charge in [0, 0.05) is 23.6 Å².